The molecule has 3 rings (SSSR count). The van der Waals surface area contributed by atoms with E-state index in [1.807, 2.05) is 26.0 Å². The summed E-state index contributed by atoms with van der Waals surface area (Å²) in [6, 6.07) is 13.0. The van der Waals surface area contributed by atoms with Crippen molar-refractivity contribution in [2.45, 2.75) is 31.6 Å². The average molecular weight is 430 g/mol. The molecule has 1 atom stereocenters. The van der Waals surface area contributed by atoms with Crippen LogP contribution in [0.25, 0.3) is 0 Å². The smallest absolute Gasteiger partial charge is 0.261 e. The lowest BCUT2D eigenvalue weighted by atomic mass is 9.96. The summed E-state index contributed by atoms with van der Waals surface area (Å²) in [5, 5.41) is 2.81. The van der Waals surface area contributed by atoms with Gasteiger partial charge in [-0.1, -0.05) is 23.8 Å². The van der Waals surface area contributed by atoms with Crippen molar-refractivity contribution in [2.24, 2.45) is 5.92 Å². The third-order valence-corrected chi connectivity index (χ3v) is 6.50. The van der Waals surface area contributed by atoms with Crippen LogP contribution in [0, 0.1) is 12.8 Å². The number of piperidine rings is 1. The number of carbonyl (C=O) groups excluding carboxylic acids is 2. The Morgan fingerprint density at radius 3 is 2.57 bits per heavy atom. The van der Waals surface area contributed by atoms with E-state index in [0.717, 1.165) is 18.4 Å². The zero-order valence-electron chi connectivity index (χ0n) is 17.2. The van der Waals surface area contributed by atoms with Crippen LogP contribution in [0.5, 0.6) is 0 Å². The number of anilines is 1. The van der Waals surface area contributed by atoms with Gasteiger partial charge in [0.1, 0.15) is 0 Å². The third-order valence-electron chi connectivity index (χ3n) is 5.13. The fourth-order valence-electron chi connectivity index (χ4n) is 3.51. The Morgan fingerprint density at radius 2 is 1.87 bits per heavy atom. The SMILES string of the molecule is CCNC(=O)C1CCCN(C(=O)c2cccc(S(=O)(=O)Nc3ccc(C)cc3)c2)C1. The molecule has 0 radical (unpaired) electrons. The number of amides is 2. The van der Waals surface area contributed by atoms with Gasteiger partial charge in [-0.05, 0) is 57.0 Å². The fraction of sp³-hybridized carbons (Fsp3) is 0.364. The molecule has 0 aromatic heterocycles. The number of hydrogen-bond acceptors (Lipinski definition) is 4. The molecule has 0 bridgehead atoms. The minimum absolute atomic E-state index is 0.0196. The lowest BCUT2D eigenvalue weighted by Crippen LogP contribution is -2.45. The summed E-state index contributed by atoms with van der Waals surface area (Å²) in [5.41, 5.74) is 1.77. The van der Waals surface area contributed by atoms with Gasteiger partial charge in [-0.15, -0.1) is 0 Å². The Balaban J connectivity index is 1.76. The summed E-state index contributed by atoms with van der Waals surface area (Å²) in [7, 11) is -3.83. The first kappa shape index (κ1) is 21.8. The predicted octanol–water partition coefficient (Wildman–Crippen LogP) is 2.78. The highest BCUT2D eigenvalue weighted by atomic mass is 32.2. The lowest BCUT2D eigenvalue weighted by Gasteiger charge is -2.32. The van der Waals surface area contributed by atoms with Crippen molar-refractivity contribution >= 4 is 27.5 Å². The van der Waals surface area contributed by atoms with Crippen LogP contribution in [0.3, 0.4) is 0 Å². The van der Waals surface area contributed by atoms with Gasteiger partial charge in [-0.3, -0.25) is 14.3 Å². The summed E-state index contributed by atoms with van der Waals surface area (Å²) >= 11 is 0. The molecule has 30 heavy (non-hydrogen) atoms. The van der Waals surface area contributed by atoms with E-state index in [1.54, 1.807) is 29.2 Å². The number of likely N-dealkylation sites (tertiary alicyclic amines) is 1. The van der Waals surface area contributed by atoms with Gasteiger partial charge in [0.25, 0.3) is 15.9 Å². The molecule has 0 aliphatic carbocycles. The Morgan fingerprint density at radius 1 is 1.13 bits per heavy atom. The van der Waals surface area contributed by atoms with Crippen molar-refractivity contribution in [3.05, 3.63) is 59.7 Å². The molecule has 1 fully saturated rings. The van der Waals surface area contributed by atoms with Crippen LogP contribution in [0.15, 0.2) is 53.4 Å². The number of carbonyl (C=O) groups is 2. The number of nitrogens with zero attached hydrogens (tertiary/aromatic N) is 1. The second kappa shape index (κ2) is 9.30. The monoisotopic (exact) mass is 429 g/mol. The molecule has 2 amide bonds. The van der Waals surface area contributed by atoms with Crippen LogP contribution in [-0.2, 0) is 14.8 Å². The molecule has 1 unspecified atom stereocenters. The molecule has 1 aliphatic heterocycles. The summed E-state index contributed by atoms with van der Waals surface area (Å²) in [6.45, 7) is 5.22. The topological polar surface area (TPSA) is 95.6 Å². The first-order valence-corrected chi connectivity index (χ1v) is 11.5. The Hall–Kier alpha value is -2.87. The minimum atomic E-state index is -3.83. The molecule has 0 spiro atoms. The maximum atomic E-state index is 13.0. The highest BCUT2D eigenvalue weighted by Crippen LogP contribution is 2.22. The molecule has 2 aromatic rings. The highest BCUT2D eigenvalue weighted by Gasteiger charge is 2.29. The van der Waals surface area contributed by atoms with Gasteiger partial charge in [0, 0.05) is 30.9 Å². The van der Waals surface area contributed by atoms with Gasteiger partial charge >= 0.3 is 0 Å². The normalized spacial score (nSPS) is 16.7. The quantitative estimate of drug-likeness (QED) is 0.738. The number of hydrogen-bond donors (Lipinski definition) is 2. The van der Waals surface area contributed by atoms with E-state index in [9.17, 15) is 18.0 Å². The molecule has 1 saturated heterocycles. The first-order valence-electron chi connectivity index (χ1n) is 10.1. The number of sulfonamides is 1. The van der Waals surface area contributed by atoms with Gasteiger partial charge < -0.3 is 10.2 Å². The standard InChI is InChI=1S/C22H27N3O4S/c1-3-23-21(26)18-7-5-13-25(15-18)22(27)17-6-4-8-20(14-17)30(28,29)24-19-11-9-16(2)10-12-19/h4,6,8-12,14,18,24H,3,5,7,13,15H2,1-2H3,(H,23,26). The number of aryl methyl sites for hydroxylation is 1. The Kier molecular flexibility index (Phi) is 6.77. The third kappa shape index (κ3) is 5.18. The second-order valence-electron chi connectivity index (χ2n) is 7.48. The van der Waals surface area contributed by atoms with Gasteiger partial charge in [0.05, 0.1) is 10.8 Å². The molecule has 8 heteroatoms. The Bertz CT molecular complexity index is 1020. The van der Waals surface area contributed by atoms with Crippen molar-refractivity contribution in [1.82, 2.24) is 10.2 Å². The highest BCUT2D eigenvalue weighted by molar-refractivity contribution is 7.92. The first-order chi connectivity index (χ1) is 14.3. The molecule has 2 N–H and O–H groups in total. The molecule has 7 nitrogen and oxygen atoms in total. The van der Waals surface area contributed by atoms with Gasteiger partial charge in [-0.25, -0.2) is 8.42 Å². The maximum Gasteiger partial charge on any atom is 0.261 e. The van der Waals surface area contributed by atoms with Crippen LogP contribution < -0.4 is 10.0 Å². The van der Waals surface area contributed by atoms with E-state index in [4.69, 9.17) is 0 Å². The zero-order chi connectivity index (χ0) is 21.7. The number of benzene rings is 2. The number of rotatable bonds is 6. The van der Waals surface area contributed by atoms with E-state index in [2.05, 4.69) is 10.0 Å². The summed E-state index contributed by atoms with van der Waals surface area (Å²) in [5.74, 6) is -0.553. The molecule has 1 heterocycles. The van der Waals surface area contributed by atoms with E-state index in [0.29, 0.717) is 30.9 Å². The zero-order valence-corrected chi connectivity index (χ0v) is 18.0. The van der Waals surface area contributed by atoms with E-state index >= 15 is 0 Å². The van der Waals surface area contributed by atoms with Gasteiger partial charge in [0.2, 0.25) is 5.91 Å². The summed E-state index contributed by atoms with van der Waals surface area (Å²) < 4.78 is 28.1. The van der Waals surface area contributed by atoms with Crippen LogP contribution in [-0.4, -0.2) is 44.8 Å². The molecular formula is C22H27N3O4S. The van der Waals surface area contributed by atoms with Crippen LogP contribution >= 0.6 is 0 Å². The van der Waals surface area contributed by atoms with Crippen LogP contribution in [0.1, 0.15) is 35.7 Å². The minimum Gasteiger partial charge on any atom is -0.356 e. The van der Waals surface area contributed by atoms with Crippen molar-refractivity contribution in [3.8, 4) is 0 Å². The lowest BCUT2D eigenvalue weighted by molar-refractivity contribution is -0.126. The van der Waals surface area contributed by atoms with E-state index in [1.165, 1.54) is 12.1 Å². The van der Waals surface area contributed by atoms with E-state index in [-0.39, 0.29) is 22.6 Å². The van der Waals surface area contributed by atoms with Crippen molar-refractivity contribution in [2.75, 3.05) is 24.4 Å². The van der Waals surface area contributed by atoms with Crippen LogP contribution in [0.4, 0.5) is 5.69 Å². The molecule has 0 saturated carbocycles. The molecule has 2 aromatic carbocycles. The molecule has 1 aliphatic rings. The van der Waals surface area contributed by atoms with Crippen molar-refractivity contribution < 1.29 is 18.0 Å². The largest absolute Gasteiger partial charge is 0.356 e. The van der Waals surface area contributed by atoms with Crippen LogP contribution in [0.2, 0.25) is 0 Å². The molecular weight excluding hydrogens is 402 g/mol. The summed E-state index contributed by atoms with van der Waals surface area (Å²) in [6.07, 6.45) is 1.48. The fourth-order valence-corrected chi connectivity index (χ4v) is 4.61. The van der Waals surface area contributed by atoms with Crippen molar-refractivity contribution in [3.63, 3.8) is 0 Å². The van der Waals surface area contributed by atoms with Gasteiger partial charge in [0.15, 0.2) is 0 Å². The summed E-state index contributed by atoms with van der Waals surface area (Å²) in [4.78, 5) is 26.8. The van der Waals surface area contributed by atoms with E-state index < -0.39 is 10.0 Å². The molecule has 160 valence electrons. The predicted molar refractivity (Wildman–Crippen MR) is 116 cm³/mol. The number of nitrogens with one attached hydrogen (secondary N) is 2. The average Bonchev–Trinajstić information content (AvgIpc) is 2.75. The van der Waals surface area contributed by atoms with Crippen molar-refractivity contribution in [1.29, 1.82) is 0 Å². The van der Waals surface area contributed by atoms with Gasteiger partial charge in [-0.2, -0.15) is 0 Å². The second-order valence-corrected chi connectivity index (χ2v) is 9.17. The Labute approximate surface area is 177 Å². The maximum absolute atomic E-state index is 13.0.